The van der Waals surface area contributed by atoms with Gasteiger partial charge in [-0.25, -0.2) is 0 Å². The smallest absolute Gasteiger partial charge is 0.254 e. The second kappa shape index (κ2) is 9.04. The number of carbonyl (C=O) groups is 2. The van der Waals surface area contributed by atoms with Gasteiger partial charge in [0, 0.05) is 17.8 Å². The number of para-hydroxylation sites is 2. The minimum atomic E-state index is -0.295. The fourth-order valence-electron chi connectivity index (χ4n) is 5.11. The van der Waals surface area contributed by atoms with Crippen LogP contribution in [0.15, 0.2) is 97.2 Å². The van der Waals surface area contributed by atoms with Crippen molar-refractivity contribution >= 4 is 17.5 Å². The van der Waals surface area contributed by atoms with Crippen LogP contribution in [-0.4, -0.2) is 41.0 Å². The van der Waals surface area contributed by atoms with Gasteiger partial charge in [-0.05, 0) is 60.9 Å². The maximum absolute atomic E-state index is 14.2. The van der Waals surface area contributed by atoms with Gasteiger partial charge in [-0.1, -0.05) is 48.5 Å². The summed E-state index contributed by atoms with van der Waals surface area (Å²) in [5.74, 6) is 0.374. The van der Waals surface area contributed by atoms with Crippen molar-refractivity contribution in [3.05, 3.63) is 114 Å². The van der Waals surface area contributed by atoms with E-state index in [0.29, 0.717) is 11.3 Å². The molecule has 1 aromatic heterocycles. The summed E-state index contributed by atoms with van der Waals surface area (Å²) >= 11 is 0. The first-order valence-electron chi connectivity index (χ1n) is 12.2. The molecule has 1 aliphatic carbocycles. The molecule has 4 aromatic rings. The Kier molecular flexibility index (Phi) is 5.56. The third-order valence-electron chi connectivity index (χ3n) is 6.97. The van der Waals surface area contributed by atoms with Gasteiger partial charge in [0.15, 0.2) is 0 Å². The monoisotopic (exact) mass is 477 g/mol. The third kappa shape index (κ3) is 3.85. The predicted octanol–water partition coefficient (Wildman–Crippen LogP) is 5.23. The molecule has 36 heavy (non-hydrogen) atoms. The Morgan fingerprint density at radius 3 is 2.39 bits per heavy atom. The number of anilines is 1. The second-order valence-corrected chi connectivity index (χ2v) is 9.26. The zero-order valence-corrected chi connectivity index (χ0v) is 20.1. The summed E-state index contributed by atoms with van der Waals surface area (Å²) in [6, 6.07) is 29.0. The lowest BCUT2D eigenvalue weighted by atomic mass is 9.97. The minimum Gasteiger partial charge on any atom is -0.497 e. The van der Waals surface area contributed by atoms with Crippen LogP contribution >= 0.6 is 0 Å². The second-order valence-electron chi connectivity index (χ2n) is 9.26. The number of fused-ring (bicyclic) bond motifs is 3. The van der Waals surface area contributed by atoms with E-state index in [2.05, 4.69) is 22.8 Å². The van der Waals surface area contributed by atoms with Crippen molar-refractivity contribution in [2.24, 2.45) is 0 Å². The van der Waals surface area contributed by atoms with Crippen LogP contribution in [0, 0.1) is 0 Å². The maximum Gasteiger partial charge on any atom is 0.254 e. The summed E-state index contributed by atoms with van der Waals surface area (Å²) in [7, 11) is 1.58. The summed E-state index contributed by atoms with van der Waals surface area (Å²) in [5, 5.41) is 0. The van der Waals surface area contributed by atoms with E-state index < -0.39 is 0 Å². The summed E-state index contributed by atoms with van der Waals surface area (Å²) in [4.78, 5) is 31.3. The number of amides is 2. The molecule has 1 saturated carbocycles. The molecule has 2 aliphatic rings. The van der Waals surface area contributed by atoms with Crippen molar-refractivity contribution in [1.29, 1.82) is 0 Å². The van der Waals surface area contributed by atoms with Crippen LogP contribution in [0.25, 0.3) is 5.69 Å². The Bertz CT molecular complexity index is 1420. The Morgan fingerprint density at radius 2 is 1.64 bits per heavy atom. The first kappa shape index (κ1) is 22.2. The van der Waals surface area contributed by atoms with E-state index in [4.69, 9.17) is 4.74 Å². The van der Waals surface area contributed by atoms with Gasteiger partial charge in [0.05, 0.1) is 24.2 Å². The molecule has 2 amide bonds. The Hall–Kier alpha value is -4.32. The van der Waals surface area contributed by atoms with E-state index in [1.54, 1.807) is 30.2 Å². The Morgan fingerprint density at radius 1 is 0.889 bits per heavy atom. The highest BCUT2D eigenvalue weighted by Gasteiger charge is 2.40. The van der Waals surface area contributed by atoms with Gasteiger partial charge < -0.3 is 14.2 Å². The summed E-state index contributed by atoms with van der Waals surface area (Å²) in [6.07, 6.45) is 3.85. The van der Waals surface area contributed by atoms with Crippen molar-refractivity contribution in [3.8, 4) is 11.4 Å². The highest BCUT2D eigenvalue weighted by molar-refractivity contribution is 6.03. The number of nitrogens with zero attached hydrogens (tertiary/aromatic N) is 3. The lowest BCUT2D eigenvalue weighted by Gasteiger charge is -2.39. The lowest BCUT2D eigenvalue weighted by Crippen LogP contribution is -2.47. The fraction of sp³-hybridized carbons (Fsp3) is 0.200. The normalized spacial score (nSPS) is 16.1. The molecule has 0 spiro atoms. The van der Waals surface area contributed by atoms with E-state index in [9.17, 15) is 9.59 Å². The van der Waals surface area contributed by atoms with Crippen molar-refractivity contribution in [1.82, 2.24) is 9.47 Å². The topological polar surface area (TPSA) is 54.8 Å². The van der Waals surface area contributed by atoms with Gasteiger partial charge in [0.25, 0.3) is 5.91 Å². The fourth-order valence-corrected chi connectivity index (χ4v) is 5.11. The number of aromatic nitrogens is 1. The quantitative estimate of drug-likeness (QED) is 0.382. The highest BCUT2D eigenvalue weighted by atomic mass is 16.5. The zero-order chi connectivity index (χ0) is 24.6. The molecule has 3 aromatic carbocycles. The molecule has 1 atom stereocenters. The molecule has 6 nitrogen and oxygen atoms in total. The van der Waals surface area contributed by atoms with Gasteiger partial charge in [-0.15, -0.1) is 0 Å². The maximum atomic E-state index is 14.2. The van der Waals surface area contributed by atoms with E-state index in [-0.39, 0.29) is 30.4 Å². The van der Waals surface area contributed by atoms with E-state index >= 15 is 0 Å². The average molecular weight is 478 g/mol. The average Bonchev–Trinajstić information content (AvgIpc) is 3.66. The summed E-state index contributed by atoms with van der Waals surface area (Å²) in [5.41, 5.74) is 4.36. The zero-order valence-electron chi connectivity index (χ0n) is 20.1. The number of carbonyl (C=O) groups excluding carboxylic acids is 2. The van der Waals surface area contributed by atoms with Crippen LogP contribution in [0.3, 0.4) is 0 Å². The molecule has 0 bridgehead atoms. The third-order valence-corrected chi connectivity index (χ3v) is 6.97. The molecule has 2 heterocycles. The van der Waals surface area contributed by atoms with Crippen LogP contribution in [-0.2, 0) is 4.79 Å². The van der Waals surface area contributed by atoms with Crippen LogP contribution in [0.4, 0.5) is 5.69 Å². The molecular formula is C30H27N3O3. The molecular weight excluding hydrogens is 450 g/mol. The van der Waals surface area contributed by atoms with Crippen molar-refractivity contribution in [2.45, 2.75) is 24.9 Å². The molecule has 180 valence electrons. The van der Waals surface area contributed by atoms with Gasteiger partial charge in [-0.2, -0.15) is 0 Å². The van der Waals surface area contributed by atoms with Crippen LogP contribution < -0.4 is 9.64 Å². The van der Waals surface area contributed by atoms with Crippen LogP contribution in [0.5, 0.6) is 5.75 Å². The first-order valence-corrected chi connectivity index (χ1v) is 12.2. The number of benzene rings is 3. The predicted molar refractivity (Wildman–Crippen MR) is 139 cm³/mol. The number of ether oxygens (including phenoxy) is 1. The molecule has 1 fully saturated rings. The molecule has 0 radical (unpaired) electrons. The summed E-state index contributed by atoms with van der Waals surface area (Å²) in [6.45, 7) is 0.0130. The van der Waals surface area contributed by atoms with Gasteiger partial charge in [0.1, 0.15) is 18.3 Å². The first-order chi connectivity index (χ1) is 17.7. The van der Waals surface area contributed by atoms with Crippen molar-refractivity contribution < 1.29 is 14.3 Å². The van der Waals surface area contributed by atoms with E-state index in [1.807, 2.05) is 65.7 Å². The van der Waals surface area contributed by atoms with E-state index in [1.165, 1.54) is 0 Å². The van der Waals surface area contributed by atoms with Crippen molar-refractivity contribution in [3.63, 3.8) is 0 Å². The number of rotatable bonds is 6. The minimum absolute atomic E-state index is 0.0130. The van der Waals surface area contributed by atoms with Gasteiger partial charge in [-0.3, -0.25) is 14.5 Å². The molecule has 1 unspecified atom stereocenters. The van der Waals surface area contributed by atoms with E-state index in [0.717, 1.165) is 35.5 Å². The Labute approximate surface area is 210 Å². The number of methoxy groups -OCH3 is 1. The summed E-state index contributed by atoms with van der Waals surface area (Å²) < 4.78 is 7.47. The molecule has 6 heteroatoms. The van der Waals surface area contributed by atoms with Crippen LogP contribution in [0.2, 0.25) is 0 Å². The highest BCUT2D eigenvalue weighted by Crippen LogP contribution is 2.42. The lowest BCUT2D eigenvalue weighted by molar-refractivity contribution is -0.119. The largest absolute Gasteiger partial charge is 0.497 e. The molecule has 1 aliphatic heterocycles. The Balaban J connectivity index is 1.39. The van der Waals surface area contributed by atoms with Crippen molar-refractivity contribution in [2.75, 3.05) is 18.6 Å². The number of hydrogen-bond donors (Lipinski definition) is 0. The standard InChI is InChI=1S/C30H27N3O3/c1-36-24-12-7-11-22(19-24)30(35)32(23-16-17-23)20-28(34)33-26-14-6-5-13-25(26)31-18-8-15-27(31)29(33)21-9-3-2-4-10-21/h2-15,18-19,23,29H,16-17,20H2,1H3. The molecule has 6 rings (SSSR count). The SMILES string of the molecule is COc1cccc(C(=O)N(CC(=O)N2c3ccccc3-n3cccc3C2c2ccccc2)C2CC2)c1. The molecule has 0 N–H and O–H groups in total. The van der Waals surface area contributed by atoms with Gasteiger partial charge in [0.2, 0.25) is 5.91 Å². The number of hydrogen-bond acceptors (Lipinski definition) is 3. The van der Waals surface area contributed by atoms with Crippen LogP contribution in [0.1, 0.15) is 40.5 Å². The molecule has 0 saturated heterocycles. The van der Waals surface area contributed by atoms with Gasteiger partial charge >= 0.3 is 0 Å².